The lowest BCUT2D eigenvalue weighted by Gasteiger charge is -2.35. The average Bonchev–Trinajstić information content (AvgIpc) is 2.72. The zero-order valence-corrected chi connectivity index (χ0v) is 17.3. The first kappa shape index (κ1) is 22.6. The van der Waals surface area contributed by atoms with Gasteiger partial charge in [0.05, 0.1) is 42.8 Å². The number of ether oxygens (including phenoxy) is 3. The van der Waals surface area contributed by atoms with Gasteiger partial charge in [-0.15, -0.1) is 0 Å². The molecule has 1 aromatic carbocycles. The number of rotatable bonds is 5. The Labute approximate surface area is 172 Å². The lowest BCUT2D eigenvalue weighted by atomic mass is 9.79. The van der Waals surface area contributed by atoms with Gasteiger partial charge in [-0.3, -0.25) is 15.0 Å². The highest BCUT2D eigenvalue weighted by Gasteiger charge is 2.42. The second kappa shape index (κ2) is 9.21. The van der Waals surface area contributed by atoms with Crippen LogP contribution in [0.2, 0.25) is 0 Å². The van der Waals surface area contributed by atoms with Crippen molar-refractivity contribution in [3.8, 4) is 0 Å². The summed E-state index contributed by atoms with van der Waals surface area (Å²) in [4.78, 5) is 49.7. The van der Waals surface area contributed by atoms with Crippen molar-refractivity contribution < 1.29 is 33.5 Å². The first-order valence-electron chi connectivity index (χ1n) is 8.98. The minimum atomic E-state index is -1.05. The highest BCUT2D eigenvalue weighted by molar-refractivity contribution is 6.01. The molecule has 0 radical (unpaired) electrons. The topological polar surface area (TPSA) is 125 Å². The Morgan fingerprint density at radius 1 is 1.07 bits per heavy atom. The second-order valence-electron chi connectivity index (χ2n) is 6.30. The van der Waals surface area contributed by atoms with E-state index in [1.165, 1.54) is 32.0 Å². The molecular formula is C20H22N2O8. The summed E-state index contributed by atoms with van der Waals surface area (Å²) in [5.41, 5.74) is 0.384. The molecule has 10 nitrogen and oxygen atoms in total. The number of non-ortho nitro benzene ring substituents is 1. The molecule has 0 saturated heterocycles. The van der Waals surface area contributed by atoms with Crippen molar-refractivity contribution in [3.05, 3.63) is 62.5 Å². The van der Waals surface area contributed by atoms with Crippen molar-refractivity contribution in [1.29, 1.82) is 0 Å². The molecule has 30 heavy (non-hydrogen) atoms. The largest absolute Gasteiger partial charge is 0.466 e. The van der Waals surface area contributed by atoms with Crippen LogP contribution in [-0.2, 0) is 23.8 Å². The SMILES string of the molecule is CCOC(=O)N1C(C)=C(C(=O)OC)C(c2cccc([N+](=O)[O-])c2)C(C(=O)OC)=C1C. The van der Waals surface area contributed by atoms with Crippen molar-refractivity contribution in [2.75, 3.05) is 20.8 Å². The lowest BCUT2D eigenvalue weighted by Crippen LogP contribution is -2.38. The molecule has 1 amide bonds. The summed E-state index contributed by atoms with van der Waals surface area (Å²) in [7, 11) is 2.32. The maximum absolute atomic E-state index is 12.7. The van der Waals surface area contributed by atoms with Crippen LogP contribution >= 0.6 is 0 Å². The van der Waals surface area contributed by atoms with Gasteiger partial charge in [-0.2, -0.15) is 0 Å². The number of benzene rings is 1. The van der Waals surface area contributed by atoms with Crippen molar-refractivity contribution in [2.24, 2.45) is 0 Å². The molecule has 0 fully saturated rings. The van der Waals surface area contributed by atoms with E-state index in [9.17, 15) is 24.5 Å². The number of hydrogen-bond acceptors (Lipinski definition) is 8. The zero-order chi connectivity index (χ0) is 22.6. The number of methoxy groups -OCH3 is 2. The van der Waals surface area contributed by atoms with Gasteiger partial charge < -0.3 is 14.2 Å². The Morgan fingerprint density at radius 3 is 2.03 bits per heavy atom. The van der Waals surface area contributed by atoms with E-state index in [1.807, 2.05) is 0 Å². The zero-order valence-electron chi connectivity index (χ0n) is 17.3. The molecule has 0 saturated carbocycles. The van der Waals surface area contributed by atoms with E-state index >= 15 is 0 Å². The Hall–Kier alpha value is -3.69. The normalized spacial score (nSPS) is 14.5. The van der Waals surface area contributed by atoms with E-state index in [1.54, 1.807) is 13.0 Å². The summed E-state index contributed by atoms with van der Waals surface area (Å²) in [6.45, 7) is 4.70. The highest BCUT2D eigenvalue weighted by atomic mass is 16.6. The van der Waals surface area contributed by atoms with Crippen LogP contribution in [0.5, 0.6) is 0 Å². The Morgan fingerprint density at radius 2 is 1.60 bits per heavy atom. The third-order valence-corrected chi connectivity index (χ3v) is 4.70. The quantitative estimate of drug-likeness (QED) is 0.309. The molecule has 2 rings (SSSR count). The molecule has 160 valence electrons. The summed E-state index contributed by atoms with van der Waals surface area (Å²) in [5.74, 6) is -2.64. The summed E-state index contributed by atoms with van der Waals surface area (Å²) in [5, 5.41) is 11.2. The van der Waals surface area contributed by atoms with Gasteiger partial charge in [0, 0.05) is 23.5 Å². The number of nitro benzene ring substituents is 1. The fourth-order valence-corrected chi connectivity index (χ4v) is 3.42. The summed E-state index contributed by atoms with van der Waals surface area (Å²) in [6, 6.07) is 5.54. The van der Waals surface area contributed by atoms with Crippen molar-refractivity contribution >= 4 is 23.7 Å². The molecule has 0 atom stereocenters. The number of nitrogens with zero attached hydrogens (tertiary/aromatic N) is 2. The fraction of sp³-hybridized carbons (Fsp3) is 0.350. The van der Waals surface area contributed by atoms with E-state index in [0.717, 1.165) is 19.1 Å². The number of amides is 1. The molecule has 1 aliphatic heterocycles. The maximum atomic E-state index is 12.7. The number of nitro groups is 1. The van der Waals surface area contributed by atoms with E-state index < -0.39 is 28.9 Å². The van der Waals surface area contributed by atoms with E-state index in [-0.39, 0.29) is 34.8 Å². The van der Waals surface area contributed by atoms with Crippen molar-refractivity contribution in [1.82, 2.24) is 4.90 Å². The van der Waals surface area contributed by atoms with Gasteiger partial charge in [0.1, 0.15) is 0 Å². The molecule has 0 aliphatic carbocycles. The molecule has 0 spiro atoms. The average molecular weight is 418 g/mol. The minimum Gasteiger partial charge on any atom is -0.466 e. The molecular weight excluding hydrogens is 396 g/mol. The van der Waals surface area contributed by atoms with Crippen LogP contribution < -0.4 is 0 Å². The second-order valence-corrected chi connectivity index (χ2v) is 6.30. The van der Waals surface area contributed by atoms with Crippen LogP contribution in [0, 0.1) is 10.1 Å². The number of carbonyl (C=O) groups is 3. The van der Waals surface area contributed by atoms with Crippen LogP contribution in [0.25, 0.3) is 0 Å². The van der Waals surface area contributed by atoms with Gasteiger partial charge in [0.15, 0.2) is 0 Å². The predicted octanol–water partition coefficient (Wildman–Crippen LogP) is 3.04. The Balaban J connectivity index is 2.86. The summed E-state index contributed by atoms with van der Waals surface area (Å²) in [6.07, 6.45) is -0.784. The van der Waals surface area contributed by atoms with Gasteiger partial charge in [-0.1, -0.05) is 12.1 Å². The van der Waals surface area contributed by atoms with E-state index in [0.29, 0.717) is 5.56 Å². The molecule has 10 heteroatoms. The molecule has 0 N–H and O–H groups in total. The highest BCUT2D eigenvalue weighted by Crippen LogP contribution is 2.43. The molecule has 0 unspecified atom stereocenters. The smallest absolute Gasteiger partial charge is 0.418 e. The minimum absolute atomic E-state index is 0.0305. The summed E-state index contributed by atoms with van der Waals surface area (Å²) < 4.78 is 14.8. The standard InChI is InChI=1S/C20H22N2O8/c1-6-30-20(25)21-11(2)15(18(23)28-4)17(16(12(21)3)19(24)29-5)13-8-7-9-14(10-13)22(26)27/h7-10,17H,6H2,1-5H3. The number of hydrogen-bond donors (Lipinski definition) is 0. The third kappa shape index (κ3) is 4.02. The lowest BCUT2D eigenvalue weighted by molar-refractivity contribution is -0.384. The molecule has 0 aromatic heterocycles. The van der Waals surface area contributed by atoms with Crippen LogP contribution in [0.3, 0.4) is 0 Å². The molecule has 1 heterocycles. The predicted molar refractivity (Wildman–Crippen MR) is 104 cm³/mol. The van der Waals surface area contributed by atoms with Crippen LogP contribution in [0.1, 0.15) is 32.3 Å². The number of allylic oxidation sites excluding steroid dienone is 2. The van der Waals surface area contributed by atoms with Crippen molar-refractivity contribution in [3.63, 3.8) is 0 Å². The van der Waals surface area contributed by atoms with Gasteiger partial charge in [-0.05, 0) is 26.3 Å². The van der Waals surface area contributed by atoms with Crippen molar-refractivity contribution in [2.45, 2.75) is 26.7 Å². The van der Waals surface area contributed by atoms with Gasteiger partial charge in [0.2, 0.25) is 0 Å². The summed E-state index contributed by atoms with van der Waals surface area (Å²) >= 11 is 0. The first-order chi connectivity index (χ1) is 14.2. The van der Waals surface area contributed by atoms with E-state index in [2.05, 4.69) is 0 Å². The van der Waals surface area contributed by atoms with Crippen LogP contribution in [0.4, 0.5) is 10.5 Å². The Kier molecular flexibility index (Phi) is 6.93. The van der Waals surface area contributed by atoms with Gasteiger partial charge in [-0.25, -0.2) is 14.4 Å². The monoisotopic (exact) mass is 418 g/mol. The van der Waals surface area contributed by atoms with Gasteiger partial charge >= 0.3 is 18.0 Å². The maximum Gasteiger partial charge on any atom is 0.418 e. The third-order valence-electron chi connectivity index (χ3n) is 4.70. The number of esters is 2. The first-order valence-corrected chi connectivity index (χ1v) is 8.98. The van der Waals surface area contributed by atoms with Crippen LogP contribution in [0.15, 0.2) is 46.8 Å². The Bertz CT molecular complexity index is 923. The van der Waals surface area contributed by atoms with Gasteiger partial charge in [0.25, 0.3) is 5.69 Å². The van der Waals surface area contributed by atoms with Crippen LogP contribution in [-0.4, -0.2) is 48.7 Å². The molecule has 1 aliphatic rings. The molecule has 1 aromatic rings. The number of carbonyl (C=O) groups excluding carboxylic acids is 3. The van der Waals surface area contributed by atoms with E-state index in [4.69, 9.17) is 14.2 Å². The molecule has 0 bridgehead atoms. The fourth-order valence-electron chi connectivity index (χ4n) is 3.42.